The number of hydrogen-bond donors (Lipinski definition) is 2. The van der Waals surface area contributed by atoms with Crippen molar-refractivity contribution in [3.05, 3.63) is 63.5 Å². The van der Waals surface area contributed by atoms with E-state index in [0.717, 1.165) is 12.1 Å². The van der Waals surface area contributed by atoms with Crippen LogP contribution in [0.25, 0.3) is 11.3 Å². The highest BCUT2D eigenvalue weighted by Crippen LogP contribution is 2.33. The van der Waals surface area contributed by atoms with Crippen LogP contribution in [0.1, 0.15) is 27.4 Å². The summed E-state index contributed by atoms with van der Waals surface area (Å²) in [6.07, 6.45) is -2.70. The number of nitrogens with zero attached hydrogens (tertiary/aromatic N) is 2. The van der Waals surface area contributed by atoms with Gasteiger partial charge in [0.1, 0.15) is 17.1 Å². The molecule has 10 heteroatoms. The number of benzene rings is 1. The van der Waals surface area contributed by atoms with Gasteiger partial charge in [-0.25, -0.2) is 4.79 Å². The van der Waals surface area contributed by atoms with Crippen molar-refractivity contribution in [2.45, 2.75) is 19.1 Å². The Hall–Kier alpha value is -3.30. The largest absolute Gasteiger partial charge is 0.416 e. The Balaban J connectivity index is 1.62. The average molecular weight is 378 g/mol. The highest BCUT2D eigenvalue weighted by Gasteiger charge is 2.31. The highest BCUT2D eigenvalue weighted by molar-refractivity contribution is 5.92. The standard InChI is InChI=1S/C17H13F3N4O3/c18-17(19,20)10-3-1-9(2-4-10)14-11-8-24(6-5-13(11)27-23-14)15(25)12-7-21-16(26)22-12/h1-4,7H,5-6,8H2,(H2,21,22,26). The monoisotopic (exact) mass is 378 g/mol. The molecule has 2 N–H and O–H groups in total. The first-order valence-corrected chi connectivity index (χ1v) is 8.05. The maximum atomic E-state index is 12.7. The molecule has 0 radical (unpaired) electrons. The highest BCUT2D eigenvalue weighted by atomic mass is 19.4. The molecule has 0 bridgehead atoms. The molecule has 1 aromatic carbocycles. The predicted octanol–water partition coefficient (Wildman–Crippen LogP) is 2.58. The van der Waals surface area contributed by atoms with Crippen LogP contribution < -0.4 is 5.69 Å². The van der Waals surface area contributed by atoms with Crippen molar-refractivity contribution in [2.24, 2.45) is 0 Å². The van der Waals surface area contributed by atoms with E-state index < -0.39 is 17.4 Å². The van der Waals surface area contributed by atoms with E-state index in [1.807, 2.05) is 0 Å². The maximum Gasteiger partial charge on any atom is 0.416 e. The summed E-state index contributed by atoms with van der Waals surface area (Å²) in [7, 11) is 0. The number of rotatable bonds is 2. The minimum Gasteiger partial charge on any atom is -0.360 e. The van der Waals surface area contributed by atoms with E-state index in [4.69, 9.17) is 4.52 Å². The first kappa shape index (κ1) is 17.1. The van der Waals surface area contributed by atoms with Crippen molar-refractivity contribution in [2.75, 3.05) is 6.54 Å². The lowest BCUT2D eigenvalue weighted by Crippen LogP contribution is -2.36. The van der Waals surface area contributed by atoms with Crippen LogP contribution in [0.3, 0.4) is 0 Å². The van der Waals surface area contributed by atoms with Gasteiger partial charge in [0.2, 0.25) is 0 Å². The fourth-order valence-corrected chi connectivity index (χ4v) is 3.04. The van der Waals surface area contributed by atoms with E-state index in [9.17, 15) is 22.8 Å². The van der Waals surface area contributed by atoms with Crippen molar-refractivity contribution in [3.63, 3.8) is 0 Å². The summed E-state index contributed by atoms with van der Waals surface area (Å²) in [6, 6.07) is 4.61. The Morgan fingerprint density at radius 1 is 1.22 bits per heavy atom. The number of carbonyl (C=O) groups excluding carboxylic acids is 1. The number of H-pyrrole nitrogens is 2. The number of aromatic nitrogens is 3. The van der Waals surface area contributed by atoms with E-state index >= 15 is 0 Å². The molecule has 140 valence electrons. The lowest BCUT2D eigenvalue weighted by molar-refractivity contribution is -0.137. The number of halogens is 3. The van der Waals surface area contributed by atoms with Crippen LogP contribution in [0, 0.1) is 0 Å². The minimum atomic E-state index is -4.42. The molecule has 0 atom stereocenters. The minimum absolute atomic E-state index is 0.135. The number of carbonyl (C=O) groups is 1. The zero-order chi connectivity index (χ0) is 19.2. The molecular weight excluding hydrogens is 365 g/mol. The number of fused-ring (bicyclic) bond motifs is 1. The molecule has 27 heavy (non-hydrogen) atoms. The summed E-state index contributed by atoms with van der Waals surface area (Å²) in [5, 5.41) is 3.97. The SMILES string of the molecule is O=C(c1c[nH]c(=O)[nH]1)N1CCc2onc(-c3ccc(C(F)(F)F)cc3)c2C1. The first-order chi connectivity index (χ1) is 12.8. The van der Waals surface area contributed by atoms with Crippen LogP contribution in [0.2, 0.25) is 0 Å². The molecule has 4 rings (SSSR count). The average Bonchev–Trinajstić information content (AvgIpc) is 3.26. The summed E-state index contributed by atoms with van der Waals surface area (Å²) in [4.78, 5) is 30.0. The number of alkyl halides is 3. The van der Waals surface area contributed by atoms with Crippen LogP contribution >= 0.6 is 0 Å². The van der Waals surface area contributed by atoms with Crippen molar-refractivity contribution in [1.29, 1.82) is 0 Å². The molecule has 0 aliphatic carbocycles. The number of imidazole rings is 1. The van der Waals surface area contributed by atoms with Gasteiger partial charge in [0.25, 0.3) is 5.91 Å². The quantitative estimate of drug-likeness (QED) is 0.717. The smallest absolute Gasteiger partial charge is 0.360 e. The van der Waals surface area contributed by atoms with Gasteiger partial charge in [-0.15, -0.1) is 0 Å². The van der Waals surface area contributed by atoms with Gasteiger partial charge in [-0.05, 0) is 12.1 Å². The topological polar surface area (TPSA) is 95.0 Å². The third-order valence-electron chi connectivity index (χ3n) is 4.43. The van der Waals surface area contributed by atoms with E-state index in [1.54, 1.807) is 0 Å². The Bertz CT molecular complexity index is 1050. The number of hydrogen-bond acceptors (Lipinski definition) is 4. The summed E-state index contributed by atoms with van der Waals surface area (Å²) >= 11 is 0. The molecule has 0 unspecified atom stereocenters. The van der Waals surface area contributed by atoms with Gasteiger partial charge in [-0.2, -0.15) is 13.2 Å². The molecule has 2 aromatic heterocycles. The summed E-state index contributed by atoms with van der Waals surface area (Å²) in [5.41, 5.74) is 0.419. The van der Waals surface area contributed by atoms with Crippen LogP contribution in [0.15, 0.2) is 39.8 Å². The summed E-state index contributed by atoms with van der Waals surface area (Å²) in [5.74, 6) is 0.232. The Labute approximate surface area is 149 Å². The van der Waals surface area contributed by atoms with Crippen molar-refractivity contribution in [3.8, 4) is 11.3 Å². The lowest BCUT2D eigenvalue weighted by Gasteiger charge is -2.25. The molecule has 1 aliphatic heterocycles. The van der Waals surface area contributed by atoms with Crippen molar-refractivity contribution >= 4 is 5.91 Å². The van der Waals surface area contributed by atoms with Gasteiger partial charge >= 0.3 is 11.9 Å². The van der Waals surface area contributed by atoms with Gasteiger partial charge in [0.05, 0.1) is 12.1 Å². The van der Waals surface area contributed by atoms with E-state index in [1.165, 1.54) is 23.2 Å². The van der Waals surface area contributed by atoms with Crippen molar-refractivity contribution in [1.82, 2.24) is 20.0 Å². The van der Waals surface area contributed by atoms with Crippen LogP contribution in [0.5, 0.6) is 0 Å². The van der Waals surface area contributed by atoms with Crippen molar-refractivity contribution < 1.29 is 22.5 Å². The van der Waals surface area contributed by atoms with Crippen LogP contribution in [-0.2, 0) is 19.1 Å². The van der Waals surface area contributed by atoms with Crippen LogP contribution in [-0.4, -0.2) is 32.5 Å². The second-order valence-corrected chi connectivity index (χ2v) is 6.14. The van der Waals surface area contributed by atoms with E-state index in [2.05, 4.69) is 15.1 Å². The molecule has 1 aliphatic rings. The van der Waals surface area contributed by atoms with E-state index in [-0.39, 0.29) is 18.1 Å². The molecule has 0 spiro atoms. The lowest BCUT2D eigenvalue weighted by atomic mass is 10.0. The summed E-state index contributed by atoms with van der Waals surface area (Å²) in [6.45, 7) is 0.557. The summed E-state index contributed by atoms with van der Waals surface area (Å²) < 4.78 is 43.5. The molecule has 3 heterocycles. The molecular formula is C17H13F3N4O3. The Kier molecular flexibility index (Phi) is 3.90. The maximum absolute atomic E-state index is 12.7. The number of amides is 1. The molecule has 0 fully saturated rings. The van der Waals surface area contributed by atoms with Gasteiger partial charge in [0, 0.05) is 30.3 Å². The number of aromatic amines is 2. The number of nitrogens with one attached hydrogen (secondary N) is 2. The molecule has 1 amide bonds. The molecule has 0 saturated heterocycles. The van der Waals surface area contributed by atoms with Gasteiger partial charge in [-0.3, -0.25) is 4.79 Å². The first-order valence-electron chi connectivity index (χ1n) is 8.05. The third kappa shape index (κ3) is 3.14. The Morgan fingerprint density at radius 2 is 1.96 bits per heavy atom. The fraction of sp³-hybridized carbons (Fsp3) is 0.235. The zero-order valence-corrected chi connectivity index (χ0v) is 13.8. The van der Waals surface area contributed by atoms with Crippen LogP contribution in [0.4, 0.5) is 13.2 Å². The van der Waals surface area contributed by atoms with Gasteiger partial charge < -0.3 is 19.4 Å². The van der Waals surface area contributed by atoms with Gasteiger partial charge in [-0.1, -0.05) is 17.3 Å². The van der Waals surface area contributed by atoms with E-state index in [0.29, 0.717) is 35.5 Å². The molecule has 0 saturated carbocycles. The molecule has 3 aromatic rings. The van der Waals surface area contributed by atoms with Gasteiger partial charge in [0.15, 0.2) is 0 Å². The predicted molar refractivity (Wildman–Crippen MR) is 86.8 cm³/mol. The zero-order valence-electron chi connectivity index (χ0n) is 13.8. The second kappa shape index (κ2) is 6.15. The third-order valence-corrected chi connectivity index (χ3v) is 4.43. The molecule has 7 nitrogen and oxygen atoms in total. The second-order valence-electron chi connectivity index (χ2n) is 6.14. The Morgan fingerprint density at radius 3 is 2.59 bits per heavy atom. The normalized spacial score (nSPS) is 14.3. The fourth-order valence-electron chi connectivity index (χ4n) is 3.04.